The van der Waals surface area contributed by atoms with E-state index in [1.54, 1.807) is 0 Å². The maximum atomic E-state index is 12.2. The number of carbonyl (C=O) groups is 1. The molecule has 2 heterocycles. The van der Waals surface area contributed by atoms with Gasteiger partial charge in [0.05, 0.1) is 0 Å². The highest BCUT2D eigenvalue weighted by atomic mass is 16.6. The van der Waals surface area contributed by atoms with E-state index < -0.39 is 5.60 Å². The Morgan fingerprint density at radius 1 is 0.913 bits per heavy atom. The van der Waals surface area contributed by atoms with Crippen LogP contribution in [0, 0.1) is 11.8 Å². The SMILES string of the molecule is CC(C)(C)OC(=O)N1CCC(N2CCCC(C3CCC3)C2)CC1. The Hall–Kier alpha value is -0.770. The van der Waals surface area contributed by atoms with Gasteiger partial charge in [0.1, 0.15) is 5.60 Å². The summed E-state index contributed by atoms with van der Waals surface area (Å²) in [6.45, 7) is 10.1. The van der Waals surface area contributed by atoms with E-state index in [0.29, 0.717) is 6.04 Å². The van der Waals surface area contributed by atoms with Crippen LogP contribution in [0.5, 0.6) is 0 Å². The summed E-state index contributed by atoms with van der Waals surface area (Å²) in [5.41, 5.74) is -0.392. The summed E-state index contributed by atoms with van der Waals surface area (Å²) in [6, 6.07) is 0.677. The molecule has 3 fully saturated rings. The minimum atomic E-state index is -0.392. The predicted molar refractivity (Wildman–Crippen MR) is 92.5 cm³/mol. The first-order valence-electron chi connectivity index (χ1n) is 9.64. The van der Waals surface area contributed by atoms with E-state index in [0.717, 1.165) is 37.8 Å². The van der Waals surface area contributed by atoms with Crippen molar-refractivity contribution >= 4 is 6.09 Å². The van der Waals surface area contributed by atoms with Gasteiger partial charge in [-0.15, -0.1) is 0 Å². The van der Waals surface area contributed by atoms with Crippen LogP contribution in [0.3, 0.4) is 0 Å². The van der Waals surface area contributed by atoms with E-state index in [1.807, 2.05) is 25.7 Å². The Kier molecular flexibility index (Phi) is 5.19. The van der Waals surface area contributed by atoms with Crippen LogP contribution in [0.1, 0.15) is 65.7 Å². The third kappa shape index (κ3) is 4.40. The summed E-state index contributed by atoms with van der Waals surface area (Å²) in [4.78, 5) is 16.8. The number of amides is 1. The summed E-state index contributed by atoms with van der Waals surface area (Å²) in [5.74, 6) is 1.96. The summed E-state index contributed by atoms with van der Waals surface area (Å²) in [7, 11) is 0. The smallest absolute Gasteiger partial charge is 0.410 e. The van der Waals surface area contributed by atoms with E-state index in [-0.39, 0.29) is 6.09 Å². The lowest BCUT2D eigenvalue weighted by Gasteiger charge is -2.45. The zero-order valence-electron chi connectivity index (χ0n) is 15.2. The van der Waals surface area contributed by atoms with Crippen molar-refractivity contribution in [3.05, 3.63) is 0 Å². The molecule has 0 aromatic carbocycles. The molecule has 4 heteroatoms. The van der Waals surface area contributed by atoms with Gasteiger partial charge in [0.15, 0.2) is 0 Å². The van der Waals surface area contributed by atoms with Crippen molar-refractivity contribution in [2.24, 2.45) is 11.8 Å². The van der Waals surface area contributed by atoms with Crippen molar-refractivity contribution in [3.8, 4) is 0 Å². The second-order valence-electron chi connectivity index (χ2n) is 8.79. The van der Waals surface area contributed by atoms with Crippen LogP contribution < -0.4 is 0 Å². The Bertz CT molecular complexity index is 406. The zero-order valence-corrected chi connectivity index (χ0v) is 15.2. The third-order valence-electron chi connectivity index (χ3n) is 5.94. The van der Waals surface area contributed by atoms with Crippen molar-refractivity contribution in [3.63, 3.8) is 0 Å². The first-order valence-corrected chi connectivity index (χ1v) is 9.64. The first kappa shape index (κ1) is 17.1. The normalized spacial score (nSPS) is 28.5. The highest BCUT2D eigenvalue weighted by Crippen LogP contribution is 2.38. The molecule has 0 N–H and O–H groups in total. The van der Waals surface area contributed by atoms with Gasteiger partial charge >= 0.3 is 6.09 Å². The lowest BCUT2D eigenvalue weighted by atomic mass is 9.72. The van der Waals surface area contributed by atoms with Crippen LogP contribution in [-0.2, 0) is 4.74 Å². The number of carbonyl (C=O) groups excluding carboxylic acids is 1. The Balaban J connectivity index is 1.45. The molecule has 0 spiro atoms. The summed E-state index contributed by atoms with van der Waals surface area (Å²) < 4.78 is 5.50. The molecule has 1 saturated carbocycles. The molecule has 2 saturated heterocycles. The van der Waals surface area contributed by atoms with Crippen LogP contribution in [0.2, 0.25) is 0 Å². The van der Waals surface area contributed by atoms with E-state index in [2.05, 4.69) is 4.90 Å². The minimum Gasteiger partial charge on any atom is -0.444 e. The van der Waals surface area contributed by atoms with Gasteiger partial charge in [0.2, 0.25) is 0 Å². The summed E-state index contributed by atoms with van der Waals surface area (Å²) in [6.07, 6.45) is 9.28. The molecule has 1 aliphatic carbocycles. The largest absolute Gasteiger partial charge is 0.444 e. The van der Waals surface area contributed by atoms with Crippen LogP contribution in [-0.4, -0.2) is 53.7 Å². The third-order valence-corrected chi connectivity index (χ3v) is 5.94. The molecule has 3 rings (SSSR count). The highest BCUT2D eigenvalue weighted by Gasteiger charge is 2.35. The van der Waals surface area contributed by atoms with Gasteiger partial charge in [-0.1, -0.05) is 19.3 Å². The number of piperidine rings is 2. The number of hydrogen-bond acceptors (Lipinski definition) is 3. The Labute approximate surface area is 141 Å². The second-order valence-corrected chi connectivity index (χ2v) is 8.79. The summed E-state index contributed by atoms with van der Waals surface area (Å²) in [5, 5.41) is 0. The molecule has 3 aliphatic rings. The Morgan fingerprint density at radius 3 is 2.13 bits per heavy atom. The average molecular weight is 322 g/mol. The van der Waals surface area contributed by atoms with Crippen molar-refractivity contribution < 1.29 is 9.53 Å². The molecule has 4 nitrogen and oxygen atoms in total. The number of hydrogen-bond donors (Lipinski definition) is 0. The van der Waals surface area contributed by atoms with Crippen molar-refractivity contribution in [2.45, 2.75) is 77.4 Å². The van der Waals surface area contributed by atoms with E-state index in [9.17, 15) is 4.79 Å². The van der Waals surface area contributed by atoms with Crippen LogP contribution >= 0.6 is 0 Å². The topological polar surface area (TPSA) is 32.8 Å². The van der Waals surface area contributed by atoms with E-state index in [1.165, 1.54) is 45.2 Å². The van der Waals surface area contributed by atoms with Crippen molar-refractivity contribution in [2.75, 3.05) is 26.2 Å². The van der Waals surface area contributed by atoms with Gasteiger partial charge < -0.3 is 9.64 Å². The van der Waals surface area contributed by atoms with Crippen molar-refractivity contribution in [1.29, 1.82) is 0 Å². The van der Waals surface area contributed by atoms with E-state index >= 15 is 0 Å². The molecule has 1 atom stereocenters. The maximum absolute atomic E-state index is 12.2. The maximum Gasteiger partial charge on any atom is 0.410 e. The zero-order chi connectivity index (χ0) is 16.4. The van der Waals surface area contributed by atoms with E-state index in [4.69, 9.17) is 4.74 Å². The molecule has 1 amide bonds. The predicted octanol–water partition coefficient (Wildman–Crippen LogP) is 3.90. The van der Waals surface area contributed by atoms with Crippen LogP contribution in [0.15, 0.2) is 0 Å². The number of likely N-dealkylation sites (tertiary alicyclic amines) is 2. The first-order chi connectivity index (χ1) is 10.9. The fraction of sp³-hybridized carbons (Fsp3) is 0.947. The lowest BCUT2D eigenvalue weighted by molar-refractivity contribution is 0.00673. The van der Waals surface area contributed by atoms with Gasteiger partial charge in [0.25, 0.3) is 0 Å². The average Bonchev–Trinajstić information content (AvgIpc) is 2.44. The molecule has 132 valence electrons. The molecular weight excluding hydrogens is 288 g/mol. The fourth-order valence-electron chi connectivity index (χ4n) is 4.41. The quantitative estimate of drug-likeness (QED) is 0.773. The van der Waals surface area contributed by atoms with Gasteiger partial charge in [-0.3, -0.25) is 4.90 Å². The molecule has 0 bridgehead atoms. The second kappa shape index (κ2) is 7.00. The molecule has 23 heavy (non-hydrogen) atoms. The number of nitrogens with zero attached hydrogens (tertiary/aromatic N) is 2. The summed E-state index contributed by atoms with van der Waals surface area (Å²) >= 11 is 0. The Morgan fingerprint density at radius 2 is 1.57 bits per heavy atom. The monoisotopic (exact) mass is 322 g/mol. The van der Waals surface area contributed by atoms with Crippen LogP contribution in [0.4, 0.5) is 4.79 Å². The molecule has 0 radical (unpaired) electrons. The molecule has 0 aromatic rings. The van der Waals surface area contributed by atoms with Gasteiger partial charge in [-0.25, -0.2) is 4.79 Å². The van der Waals surface area contributed by atoms with Gasteiger partial charge in [-0.05, 0) is 64.8 Å². The molecular formula is C19H34N2O2. The fourth-order valence-corrected chi connectivity index (χ4v) is 4.41. The molecule has 2 aliphatic heterocycles. The lowest BCUT2D eigenvalue weighted by Crippen LogP contribution is -2.51. The molecule has 1 unspecified atom stereocenters. The van der Waals surface area contributed by atoms with Crippen molar-refractivity contribution in [1.82, 2.24) is 9.80 Å². The van der Waals surface area contributed by atoms with Crippen LogP contribution in [0.25, 0.3) is 0 Å². The number of ether oxygens (including phenoxy) is 1. The molecule has 0 aromatic heterocycles. The standard InChI is InChI=1S/C19H34N2O2/c1-19(2,3)23-18(22)20-12-9-17(10-13-20)21-11-5-8-16(14-21)15-6-4-7-15/h15-17H,4-14H2,1-3H3. The highest BCUT2D eigenvalue weighted by molar-refractivity contribution is 5.68. The minimum absolute atomic E-state index is 0.137. The van der Waals surface area contributed by atoms with Gasteiger partial charge in [-0.2, -0.15) is 0 Å². The number of rotatable bonds is 2. The van der Waals surface area contributed by atoms with Gasteiger partial charge in [0, 0.05) is 25.7 Å².